The van der Waals surface area contributed by atoms with E-state index in [9.17, 15) is 4.39 Å². The Hall–Kier alpha value is -3.20. The first-order valence-electron chi connectivity index (χ1n) is 10.0. The topological polar surface area (TPSA) is 91.5 Å². The summed E-state index contributed by atoms with van der Waals surface area (Å²) in [6, 6.07) is 10.4. The van der Waals surface area contributed by atoms with E-state index in [2.05, 4.69) is 30.8 Å². The van der Waals surface area contributed by atoms with Gasteiger partial charge in [-0.1, -0.05) is 16.8 Å². The maximum atomic E-state index is 14.0. The van der Waals surface area contributed by atoms with Gasteiger partial charge in [-0.05, 0) is 42.8 Å². The molecule has 0 amide bonds. The van der Waals surface area contributed by atoms with Crippen LogP contribution < -0.4 is 15.5 Å². The Balaban J connectivity index is 1.25. The van der Waals surface area contributed by atoms with Gasteiger partial charge in [-0.3, -0.25) is 4.99 Å². The van der Waals surface area contributed by atoms with Crippen molar-refractivity contribution in [3.05, 3.63) is 59.3 Å². The second-order valence-electron chi connectivity index (χ2n) is 7.15. The fourth-order valence-electron chi connectivity index (χ4n) is 3.43. The first kappa shape index (κ1) is 21.0. The third-order valence-corrected chi connectivity index (χ3v) is 5.25. The van der Waals surface area contributed by atoms with E-state index in [1.165, 1.54) is 6.07 Å². The van der Waals surface area contributed by atoms with E-state index in [-0.39, 0.29) is 11.9 Å². The summed E-state index contributed by atoms with van der Waals surface area (Å²) in [6.45, 7) is 1.97. The molecule has 2 N–H and O–H groups in total. The van der Waals surface area contributed by atoms with Crippen LogP contribution in [0.3, 0.4) is 0 Å². The van der Waals surface area contributed by atoms with Crippen LogP contribution in [0.4, 0.5) is 10.2 Å². The van der Waals surface area contributed by atoms with Gasteiger partial charge in [-0.2, -0.15) is 4.98 Å². The van der Waals surface area contributed by atoms with Gasteiger partial charge in [0.2, 0.25) is 11.7 Å². The predicted molar refractivity (Wildman–Crippen MR) is 118 cm³/mol. The summed E-state index contributed by atoms with van der Waals surface area (Å²) in [5.41, 5.74) is 0.847. The van der Waals surface area contributed by atoms with Gasteiger partial charge in [0.05, 0.1) is 0 Å². The molecule has 1 aliphatic rings. The average Bonchev–Trinajstić information content (AvgIpc) is 3.44. The molecule has 3 aromatic rings. The zero-order valence-electron chi connectivity index (χ0n) is 17.1. The highest BCUT2D eigenvalue weighted by atomic mass is 35.5. The molecule has 1 atom stereocenters. The van der Waals surface area contributed by atoms with Crippen LogP contribution in [0.1, 0.15) is 12.3 Å². The molecule has 1 saturated heterocycles. The lowest BCUT2D eigenvalue weighted by Crippen LogP contribution is -2.45. The number of benzene rings is 1. The number of hydrogen-bond acceptors (Lipinski definition) is 6. The van der Waals surface area contributed by atoms with Crippen LogP contribution in [0.2, 0.25) is 5.02 Å². The van der Waals surface area contributed by atoms with Crippen LogP contribution in [-0.4, -0.2) is 53.8 Å². The molecular weight excluding hydrogens is 421 g/mol. The van der Waals surface area contributed by atoms with Crippen molar-refractivity contribution in [3.8, 4) is 11.4 Å². The molecular formula is C21H23ClFN7O. The minimum atomic E-state index is -0.303. The quantitative estimate of drug-likeness (QED) is 0.447. The SMILES string of the molecule is CN=C(NCCc1nc(-c2ccc(Cl)cc2)no1)NC1CCN(c2ncccc2F)C1. The van der Waals surface area contributed by atoms with Crippen LogP contribution in [0.25, 0.3) is 11.4 Å². The Labute approximate surface area is 184 Å². The largest absolute Gasteiger partial charge is 0.356 e. The third-order valence-electron chi connectivity index (χ3n) is 4.99. The average molecular weight is 444 g/mol. The van der Waals surface area contributed by atoms with E-state index >= 15 is 0 Å². The summed E-state index contributed by atoms with van der Waals surface area (Å²) < 4.78 is 19.3. The molecule has 4 rings (SSSR count). The first-order chi connectivity index (χ1) is 15.1. The van der Waals surface area contributed by atoms with E-state index in [1.807, 2.05) is 17.0 Å². The van der Waals surface area contributed by atoms with Crippen LogP contribution in [0, 0.1) is 5.82 Å². The van der Waals surface area contributed by atoms with Crippen molar-refractivity contribution in [2.75, 3.05) is 31.6 Å². The number of halogens is 2. The number of aromatic nitrogens is 3. The number of guanidine groups is 1. The second kappa shape index (κ2) is 9.74. The van der Waals surface area contributed by atoms with E-state index in [0.717, 1.165) is 18.5 Å². The van der Waals surface area contributed by atoms with Crippen LogP contribution >= 0.6 is 11.6 Å². The zero-order chi connectivity index (χ0) is 21.6. The molecule has 0 saturated carbocycles. The second-order valence-corrected chi connectivity index (χ2v) is 7.59. The van der Waals surface area contributed by atoms with Gasteiger partial charge in [-0.25, -0.2) is 9.37 Å². The Kier molecular flexibility index (Phi) is 6.61. The molecule has 1 unspecified atom stereocenters. The summed E-state index contributed by atoms with van der Waals surface area (Å²) in [5, 5.41) is 11.3. The minimum absolute atomic E-state index is 0.146. The van der Waals surface area contributed by atoms with E-state index in [0.29, 0.717) is 48.0 Å². The standard InChI is InChI=1S/C21H23ClFN7O/c1-24-21(27-16-9-12-30(13-16)20-17(23)3-2-10-25-20)26-11-8-18-28-19(29-31-18)14-4-6-15(22)7-5-14/h2-7,10,16H,8-9,11-13H2,1H3,(H2,24,26,27). The lowest BCUT2D eigenvalue weighted by molar-refractivity contribution is 0.378. The molecule has 0 aliphatic carbocycles. The van der Waals surface area contributed by atoms with Crippen molar-refractivity contribution in [2.45, 2.75) is 18.9 Å². The molecule has 2 aromatic heterocycles. The summed E-state index contributed by atoms with van der Waals surface area (Å²) in [6.07, 6.45) is 3.03. The van der Waals surface area contributed by atoms with E-state index < -0.39 is 0 Å². The van der Waals surface area contributed by atoms with Crippen LogP contribution in [-0.2, 0) is 6.42 Å². The first-order valence-corrected chi connectivity index (χ1v) is 10.4. The number of nitrogens with zero attached hydrogens (tertiary/aromatic N) is 5. The van der Waals surface area contributed by atoms with Crippen molar-refractivity contribution < 1.29 is 8.91 Å². The Bertz CT molecular complexity index is 1040. The fourth-order valence-corrected chi connectivity index (χ4v) is 3.55. The van der Waals surface area contributed by atoms with Gasteiger partial charge in [0.15, 0.2) is 17.6 Å². The molecule has 0 spiro atoms. The predicted octanol–water partition coefficient (Wildman–Crippen LogP) is 2.91. The van der Waals surface area contributed by atoms with Crippen molar-refractivity contribution in [1.82, 2.24) is 25.8 Å². The lowest BCUT2D eigenvalue weighted by Gasteiger charge is -2.19. The number of nitrogens with one attached hydrogen (secondary N) is 2. The Morgan fingerprint density at radius 3 is 2.94 bits per heavy atom. The van der Waals surface area contributed by atoms with E-state index in [4.69, 9.17) is 16.1 Å². The molecule has 31 heavy (non-hydrogen) atoms. The molecule has 1 fully saturated rings. The summed E-state index contributed by atoms with van der Waals surface area (Å²) in [4.78, 5) is 14.8. The molecule has 8 nitrogen and oxygen atoms in total. The van der Waals surface area contributed by atoms with Crippen molar-refractivity contribution in [3.63, 3.8) is 0 Å². The number of anilines is 1. The molecule has 3 heterocycles. The Morgan fingerprint density at radius 1 is 1.32 bits per heavy atom. The summed E-state index contributed by atoms with van der Waals surface area (Å²) in [7, 11) is 1.71. The van der Waals surface area contributed by atoms with Gasteiger partial charge in [0.1, 0.15) is 0 Å². The third kappa shape index (κ3) is 5.29. The maximum absolute atomic E-state index is 14.0. The smallest absolute Gasteiger partial charge is 0.228 e. The molecule has 1 aromatic carbocycles. The summed E-state index contributed by atoms with van der Waals surface area (Å²) >= 11 is 5.91. The van der Waals surface area contributed by atoms with Gasteiger partial charge in [-0.15, -0.1) is 0 Å². The maximum Gasteiger partial charge on any atom is 0.228 e. The monoisotopic (exact) mass is 443 g/mol. The highest BCUT2D eigenvalue weighted by Crippen LogP contribution is 2.21. The molecule has 162 valence electrons. The van der Waals surface area contributed by atoms with Gasteiger partial charge < -0.3 is 20.1 Å². The highest BCUT2D eigenvalue weighted by molar-refractivity contribution is 6.30. The number of pyridine rings is 1. The Morgan fingerprint density at radius 2 is 2.16 bits per heavy atom. The van der Waals surface area contributed by atoms with Crippen molar-refractivity contribution in [2.24, 2.45) is 4.99 Å². The van der Waals surface area contributed by atoms with Crippen LogP contribution in [0.5, 0.6) is 0 Å². The fraction of sp³-hybridized carbons (Fsp3) is 0.333. The molecule has 10 heteroatoms. The minimum Gasteiger partial charge on any atom is -0.356 e. The van der Waals surface area contributed by atoms with Gasteiger partial charge in [0, 0.05) is 55.9 Å². The van der Waals surface area contributed by atoms with E-state index in [1.54, 1.807) is 31.4 Å². The number of hydrogen-bond donors (Lipinski definition) is 2. The number of aliphatic imine (C=N–C) groups is 1. The van der Waals surface area contributed by atoms with Crippen molar-refractivity contribution >= 4 is 23.4 Å². The summed E-state index contributed by atoms with van der Waals surface area (Å²) in [5.74, 6) is 1.82. The highest BCUT2D eigenvalue weighted by Gasteiger charge is 2.25. The normalized spacial score (nSPS) is 16.5. The molecule has 1 aliphatic heterocycles. The van der Waals surface area contributed by atoms with Gasteiger partial charge >= 0.3 is 0 Å². The molecule has 0 radical (unpaired) electrons. The molecule has 0 bridgehead atoms. The van der Waals surface area contributed by atoms with Gasteiger partial charge in [0.25, 0.3) is 0 Å². The van der Waals surface area contributed by atoms with Crippen LogP contribution in [0.15, 0.2) is 52.1 Å². The van der Waals surface area contributed by atoms with Crippen molar-refractivity contribution in [1.29, 1.82) is 0 Å². The lowest BCUT2D eigenvalue weighted by atomic mass is 10.2. The number of rotatable bonds is 6. The zero-order valence-corrected chi connectivity index (χ0v) is 17.8.